The number of phenolic OH excluding ortho intramolecular Hbond substituents is 1. The summed E-state index contributed by atoms with van der Waals surface area (Å²) in [7, 11) is 0. The second kappa shape index (κ2) is 25.7. The van der Waals surface area contributed by atoms with Gasteiger partial charge < -0.3 is 14.6 Å². The van der Waals surface area contributed by atoms with Crippen LogP contribution in [-0.2, 0) is 34.5 Å². The average molecular weight is 1470 g/mol. The van der Waals surface area contributed by atoms with Crippen molar-refractivity contribution in [1.82, 2.24) is 18.3 Å². The summed E-state index contributed by atoms with van der Waals surface area (Å²) < 4.78 is 29.3. The normalized spacial score (nSPS) is 18.2. The van der Waals surface area contributed by atoms with E-state index in [1.807, 2.05) is 74.4 Å². The first-order chi connectivity index (χ1) is 55.0. The predicted molar refractivity (Wildman–Crippen MR) is 442 cm³/mol. The van der Waals surface area contributed by atoms with Gasteiger partial charge in [0, 0.05) is 54.2 Å². The quantitative estimate of drug-likeness (QED) is 0.0995. The molecule has 0 amide bonds. The number of aromatic hydroxyl groups is 1. The van der Waals surface area contributed by atoms with Gasteiger partial charge in [0.2, 0.25) is 45.2 Å². The third-order valence-electron chi connectivity index (χ3n) is 22.3. The van der Waals surface area contributed by atoms with Crippen LogP contribution < -0.4 is 22.0 Å². The minimum Gasteiger partial charge on any atom is -0.507 e. The molecular weight excluding hydrogens is 1390 g/mol. The van der Waals surface area contributed by atoms with Gasteiger partial charge in [0.15, 0.2) is 0 Å². The lowest BCUT2D eigenvalue weighted by Crippen LogP contribution is -2.71. The summed E-state index contributed by atoms with van der Waals surface area (Å²) in [6.45, 7) is 27.5. The molecule has 19 heteroatoms. The van der Waals surface area contributed by atoms with Crippen LogP contribution in [0.5, 0.6) is 5.75 Å². The number of terminal acetylenes is 2. The number of aromatic nitrogens is 4. The summed E-state index contributed by atoms with van der Waals surface area (Å²) in [6, 6.07) is 55.9. The third kappa shape index (κ3) is 8.85. The lowest BCUT2D eigenvalue weighted by atomic mass is 9.98. The number of allylic oxidation sites excluding steroid dienone is 2. The molecule has 12 aromatic rings. The van der Waals surface area contributed by atoms with Crippen LogP contribution in [0.15, 0.2) is 221 Å². The first kappa shape index (κ1) is 69.3. The molecule has 25 rings (SSSR count). The van der Waals surface area contributed by atoms with Gasteiger partial charge >= 0.3 is 11.8 Å². The Hall–Kier alpha value is -13.2. The minimum atomic E-state index is -0.947. The van der Waals surface area contributed by atoms with Crippen molar-refractivity contribution in [2.24, 2.45) is 39.9 Å². The maximum atomic E-state index is 10.0. The van der Waals surface area contributed by atoms with Crippen LogP contribution in [-0.4, -0.2) is 102 Å². The van der Waals surface area contributed by atoms with Gasteiger partial charge in [-0.15, -0.1) is 31.1 Å². The van der Waals surface area contributed by atoms with Gasteiger partial charge in [0.1, 0.15) is 19.0 Å². The van der Waals surface area contributed by atoms with Crippen molar-refractivity contribution >= 4 is 113 Å². The molecule has 8 aromatic carbocycles. The Kier molecular flexibility index (Phi) is 15.9. The van der Waals surface area contributed by atoms with Gasteiger partial charge in [-0.2, -0.15) is 18.3 Å². The van der Waals surface area contributed by atoms with Gasteiger partial charge in [-0.3, -0.25) is 0 Å². The number of hydrogen-bond acceptors (Lipinski definition) is 11. The number of nitrogens with zero attached hydrogens (tertiary/aromatic N) is 16. The minimum absolute atomic E-state index is 0.176. The lowest BCUT2D eigenvalue weighted by Gasteiger charge is -2.40. The molecular formula is C93H82N16O3+4. The number of hydrogen-bond donors (Lipinski definition) is 1. The molecule has 19 nitrogen and oxygen atoms in total. The second-order valence-electron chi connectivity index (χ2n) is 28.4. The van der Waals surface area contributed by atoms with Crippen molar-refractivity contribution in [2.75, 3.05) is 13.2 Å². The summed E-state index contributed by atoms with van der Waals surface area (Å²) in [4.78, 5) is 43.8. The zero-order valence-corrected chi connectivity index (χ0v) is 65.0. The molecule has 112 heavy (non-hydrogen) atoms. The van der Waals surface area contributed by atoms with Crippen molar-refractivity contribution in [3.05, 3.63) is 275 Å². The van der Waals surface area contributed by atoms with E-state index in [0.717, 1.165) is 187 Å². The zero-order chi connectivity index (χ0) is 77.2. The van der Waals surface area contributed by atoms with Crippen LogP contribution in [0.25, 0.3) is 43.1 Å². The van der Waals surface area contributed by atoms with E-state index in [-0.39, 0.29) is 32.2 Å². The Morgan fingerprint density at radius 2 is 0.723 bits per heavy atom. The van der Waals surface area contributed by atoms with Crippen molar-refractivity contribution in [2.45, 2.75) is 128 Å². The molecule has 1 aliphatic carbocycles. The fraction of sp³-hybridized carbons (Fsp3) is 0.226. The van der Waals surface area contributed by atoms with Crippen LogP contribution in [0.3, 0.4) is 0 Å². The number of amidine groups is 8. The van der Waals surface area contributed by atoms with Crippen LogP contribution in [0.4, 0.5) is 23.3 Å². The molecule has 16 heterocycles. The molecule has 0 fully saturated rings. The number of fused-ring (bicyclic) bond motifs is 24. The molecule has 2 unspecified atom stereocenters. The van der Waals surface area contributed by atoms with Gasteiger partial charge in [-0.05, 0) is 132 Å². The lowest BCUT2D eigenvalue weighted by molar-refractivity contribution is -0.791. The van der Waals surface area contributed by atoms with Gasteiger partial charge in [-0.25, -0.2) is 0 Å². The van der Waals surface area contributed by atoms with E-state index in [4.69, 9.17) is 62.3 Å². The number of phenols is 1. The SMILES string of the molecule is C#CCOCc1cc(C)cc(COCC#C)c1O.C1=C2C(=CCC1)C1=[N+]3C2=Nc2c4ccccc4c4n2C32n3c(c5ccccc5c3=NC3=[N+]2C(=N4)c2ccccc23)=N1.CC.CC.CC.CC.Cc1ccc2c(c1)C1=Nc3c4ccc(C)cc4c4n3C35n6c(c7ccc(C)cc7c6=NC2=[N+]13)=NC1=[N+]5C(=N4)c2ccc(C)cc21. The highest BCUT2D eigenvalue weighted by molar-refractivity contribution is 6.24. The van der Waals surface area contributed by atoms with E-state index >= 15 is 0 Å². The zero-order valence-electron chi connectivity index (χ0n) is 65.0. The maximum absolute atomic E-state index is 10.0. The summed E-state index contributed by atoms with van der Waals surface area (Å²) in [5.41, 5.74) is 19.8. The fourth-order valence-corrected chi connectivity index (χ4v) is 18.2. The first-order valence-electron chi connectivity index (χ1n) is 39.0. The Morgan fingerprint density at radius 1 is 0.357 bits per heavy atom. The monoisotopic (exact) mass is 1470 g/mol. The smallest absolute Gasteiger partial charge is 0.404 e. The van der Waals surface area contributed by atoms with E-state index in [9.17, 15) is 5.11 Å². The molecule has 0 saturated carbocycles. The number of rotatable bonds is 6. The van der Waals surface area contributed by atoms with Gasteiger partial charge in [0.05, 0.1) is 57.7 Å². The highest BCUT2D eigenvalue weighted by Gasteiger charge is 2.72. The summed E-state index contributed by atoms with van der Waals surface area (Å²) in [6.07, 6.45) is 16.9. The predicted octanol–water partition coefficient (Wildman–Crippen LogP) is 15.0. The van der Waals surface area contributed by atoms with Gasteiger partial charge in [0.25, 0.3) is 46.7 Å². The Labute approximate surface area is 647 Å². The Balaban J connectivity index is 0.000000117. The summed E-state index contributed by atoms with van der Waals surface area (Å²) >= 11 is 0. The molecule has 2 atom stereocenters. The number of benzene rings is 8. The van der Waals surface area contributed by atoms with Crippen molar-refractivity contribution in [3.63, 3.8) is 0 Å². The fourth-order valence-electron chi connectivity index (χ4n) is 18.2. The molecule has 2 spiro atoms. The Morgan fingerprint density at radius 3 is 1.27 bits per heavy atom. The van der Waals surface area contributed by atoms with E-state index in [1.165, 1.54) is 33.4 Å². The molecule has 0 radical (unpaired) electrons. The topological polar surface area (TPSA) is 169 Å². The molecule has 4 aromatic heterocycles. The number of ether oxygens (including phenoxy) is 2. The van der Waals surface area contributed by atoms with Crippen molar-refractivity contribution < 1.29 is 32.9 Å². The first-order valence-corrected chi connectivity index (χ1v) is 39.0. The molecule has 13 aliphatic rings. The molecule has 12 aliphatic heterocycles. The molecule has 0 saturated heterocycles. The highest BCUT2D eigenvalue weighted by atomic mass is 16.5. The van der Waals surface area contributed by atoms with Crippen LogP contribution in [0.2, 0.25) is 0 Å². The number of aliphatic imine (C=N–C) groups is 4. The highest BCUT2D eigenvalue weighted by Crippen LogP contribution is 2.56. The summed E-state index contributed by atoms with van der Waals surface area (Å²) in [5, 5.41) is 18.8. The molecule has 548 valence electrons. The van der Waals surface area contributed by atoms with E-state index in [0.29, 0.717) is 11.1 Å². The largest absolute Gasteiger partial charge is 0.507 e. The van der Waals surface area contributed by atoms with E-state index in [2.05, 4.69) is 234 Å². The molecule has 1 N–H and O–H groups in total. The average Bonchev–Trinajstić information content (AvgIpc) is 1.49. The second-order valence-corrected chi connectivity index (χ2v) is 28.4. The van der Waals surface area contributed by atoms with Crippen molar-refractivity contribution in [1.29, 1.82) is 0 Å². The standard InChI is InChI=1S/C37H24N8.C33H18N8.C15H16O3.4C2H6/c1-17-5-9-21-25(13-17)33-38-30-22-10-6-18(2)14-26(22)35-40-32-24-12-8-20(4)16-28(24)36-41-31-23-11-7-19(3)15-27(23)34-39-29(21)42(33)37(43(30)35,44(31)34)45(32)36;1-2-10-18-17(9-1)25-34-27-19-11-3-4-12-20(19)29-36-31-23-15-7-8-16-24(23)32-37-30-22-14-6-5-13-21(22)28-35-26(18)38(25)33(39(27)29,40(28)30)41(31)32;1-4-6-17-10-13-8-12(3)9-14(15(13)16)11-18-7-5-2;4*1-2/h5-16H,1-4H3;1-6,9-16H,7-8H2;1-2,8-9,16H,6-7,10-11H2,3H3;4*1-2H3/q2*+2;;;;;. The maximum Gasteiger partial charge on any atom is 0.404 e. The number of aryl methyl sites for hydroxylation is 5. The van der Waals surface area contributed by atoms with Crippen molar-refractivity contribution in [3.8, 4) is 30.4 Å². The Bertz CT molecular complexity index is 7050. The van der Waals surface area contributed by atoms with Crippen LogP contribution >= 0.6 is 0 Å². The molecule has 0 bridgehead atoms. The van der Waals surface area contributed by atoms with Crippen LogP contribution in [0.1, 0.15) is 141 Å². The van der Waals surface area contributed by atoms with E-state index < -0.39 is 11.8 Å². The van der Waals surface area contributed by atoms with Gasteiger partial charge in [-0.1, -0.05) is 220 Å². The third-order valence-corrected chi connectivity index (χ3v) is 22.3. The van der Waals surface area contributed by atoms with E-state index in [1.54, 1.807) is 0 Å². The summed E-state index contributed by atoms with van der Waals surface area (Å²) in [5.74, 6) is 14.1. The van der Waals surface area contributed by atoms with Crippen LogP contribution in [0, 0.1) is 59.3 Å².